The lowest BCUT2D eigenvalue weighted by Gasteiger charge is -2.13. The van der Waals surface area contributed by atoms with Gasteiger partial charge in [0.05, 0.1) is 6.20 Å². The van der Waals surface area contributed by atoms with E-state index in [2.05, 4.69) is 9.72 Å². The van der Waals surface area contributed by atoms with Crippen LogP contribution in [0, 0.1) is 11.3 Å². The van der Waals surface area contributed by atoms with Crippen LogP contribution < -0.4 is 4.74 Å². The van der Waals surface area contributed by atoms with Crippen LogP contribution in [0.4, 0.5) is 22.0 Å². The fraction of sp³-hybridized carbons (Fsp3) is 0.250. The van der Waals surface area contributed by atoms with Crippen LogP contribution in [0.3, 0.4) is 0 Å². The highest BCUT2D eigenvalue weighted by Gasteiger charge is 2.35. The first-order valence-electron chi connectivity index (χ1n) is 3.92. The van der Waals surface area contributed by atoms with Crippen LogP contribution in [0.15, 0.2) is 6.20 Å². The lowest BCUT2D eigenvalue weighted by atomic mass is 10.2. The van der Waals surface area contributed by atoms with Crippen LogP contribution in [0.1, 0.15) is 17.7 Å². The number of nitriles is 1. The van der Waals surface area contributed by atoms with Crippen LogP contribution in [0.5, 0.6) is 11.5 Å². The van der Waals surface area contributed by atoms with E-state index < -0.39 is 35.5 Å². The van der Waals surface area contributed by atoms with E-state index in [1.165, 1.54) is 6.07 Å². The predicted molar refractivity (Wildman–Crippen MR) is 42.3 cm³/mol. The van der Waals surface area contributed by atoms with Gasteiger partial charge in [0.2, 0.25) is 0 Å². The van der Waals surface area contributed by atoms with E-state index in [1.807, 2.05) is 0 Å². The molecule has 1 rings (SSSR count). The van der Waals surface area contributed by atoms with E-state index in [4.69, 9.17) is 10.4 Å². The highest BCUT2D eigenvalue weighted by molar-refractivity contribution is 5.50. The molecule has 9 heteroatoms. The lowest BCUT2D eigenvalue weighted by molar-refractivity contribution is -0.275. The summed E-state index contributed by atoms with van der Waals surface area (Å²) < 4.78 is 63.7. The second-order valence-corrected chi connectivity index (χ2v) is 2.69. The summed E-state index contributed by atoms with van der Waals surface area (Å²) in [6.07, 6.45) is -8.35. The summed E-state index contributed by atoms with van der Waals surface area (Å²) in [5, 5.41) is 17.5. The summed E-state index contributed by atoms with van der Waals surface area (Å²) in [6.45, 7) is 0. The van der Waals surface area contributed by atoms with Gasteiger partial charge in [0.1, 0.15) is 11.6 Å². The van der Waals surface area contributed by atoms with E-state index in [-0.39, 0.29) is 0 Å². The molecule has 4 nitrogen and oxygen atoms in total. The van der Waals surface area contributed by atoms with Crippen molar-refractivity contribution in [1.82, 2.24) is 4.98 Å². The van der Waals surface area contributed by atoms with Crippen molar-refractivity contribution in [2.24, 2.45) is 0 Å². The molecule has 1 N–H and O–H groups in total. The minimum atomic E-state index is -5.20. The minimum absolute atomic E-state index is 0.299. The number of halogens is 5. The number of nitrogens with zero attached hydrogens (tertiary/aromatic N) is 2. The molecule has 0 fully saturated rings. The fourth-order valence-electron chi connectivity index (χ4n) is 0.997. The summed E-state index contributed by atoms with van der Waals surface area (Å²) in [5.41, 5.74) is -2.23. The van der Waals surface area contributed by atoms with Crippen molar-refractivity contribution in [3.05, 3.63) is 17.5 Å². The third-order valence-corrected chi connectivity index (χ3v) is 1.61. The Bertz CT molecular complexity index is 466. The first-order valence-corrected chi connectivity index (χ1v) is 3.92. The molecule has 17 heavy (non-hydrogen) atoms. The van der Waals surface area contributed by atoms with Crippen molar-refractivity contribution in [3.8, 4) is 17.6 Å². The molecule has 0 spiro atoms. The largest absolute Gasteiger partial charge is 0.573 e. The molecule has 1 aromatic heterocycles. The van der Waals surface area contributed by atoms with Crippen molar-refractivity contribution in [3.63, 3.8) is 0 Å². The lowest BCUT2D eigenvalue weighted by Crippen LogP contribution is -2.18. The Morgan fingerprint density at radius 2 is 2.00 bits per heavy atom. The molecule has 0 unspecified atom stereocenters. The number of aromatic nitrogens is 1. The SMILES string of the molecule is N#Cc1ncc(OC(F)(F)F)c(C(F)F)c1O. The molecule has 0 aromatic carbocycles. The molecule has 0 saturated carbocycles. The molecule has 0 amide bonds. The third kappa shape index (κ3) is 2.93. The van der Waals surface area contributed by atoms with Gasteiger partial charge in [-0.3, -0.25) is 0 Å². The van der Waals surface area contributed by atoms with E-state index >= 15 is 0 Å². The maximum Gasteiger partial charge on any atom is 0.573 e. The van der Waals surface area contributed by atoms with Crippen LogP contribution >= 0.6 is 0 Å². The Labute approximate surface area is 90.9 Å². The molecule has 1 aromatic rings. The molecule has 0 aliphatic carbocycles. The van der Waals surface area contributed by atoms with Crippen molar-refractivity contribution in [2.75, 3.05) is 0 Å². The minimum Gasteiger partial charge on any atom is -0.504 e. The van der Waals surface area contributed by atoms with Crippen molar-refractivity contribution < 1.29 is 31.8 Å². The Morgan fingerprint density at radius 3 is 2.41 bits per heavy atom. The Hall–Kier alpha value is -2.11. The normalized spacial score (nSPS) is 11.4. The van der Waals surface area contributed by atoms with Crippen molar-refractivity contribution in [2.45, 2.75) is 12.8 Å². The van der Waals surface area contributed by atoms with Gasteiger partial charge in [-0.05, 0) is 0 Å². The van der Waals surface area contributed by atoms with Gasteiger partial charge in [-0.1, -0.05) is 0 Å². The Kier molecular flexibility index (Phi) is 3.36. The molecular weight excluding hydrogens is 251 g/mol. The number of pyridine rings is 1. The summed E-state index contributed by atoms with van der Waals surface area (Å²) in [4.78, 5) is 3.05. The number of hydrogen-bond acceptors (Lipinski definition) is 4. The zero-order chi connectivity index (χ0) is 13.2. The first kappa shape index (κ1) is 13.0. The van der Waals surface area contributed by atoms with Gasteiger partial charge in [0.25, 0.3) is 6.43 Å². The predicted octanol–water partition coefficient (Wildman–Crippen LogP) is 2.50. The molecule has 0 radical (unpaired) electrons. The van der Waals surface area contributed by atoms with Crippen LogP contribution in [0.2, 0.25) is 0 Å². The van der Waals surface area contributed by atoms with Gasteiger partial charge in [0.15, 0.2) is 17.2 Å². The highest BCUT2D eigenvalue weighted by Crippen LogP contribution is 2.39. The molecule has 1 heterocycles. The summed E-state index contributed by atoms with van der Waals surface area (Å²) >= 11 is 0. The van der Waals surface area contributed by atoms with Gasteiger partial charge < -0.3 is 9.84 Å². The molecule has 0 aliphatic heterocycles. The molecule has 0 atom stereocenters. The van der Waals surface area contributed by atoms with Gasteiger partial charge in [-0.15, -0.1) is 13.2 Å². The van der Waals surface area contributed by atoms with Gasteiger partial charge in [0, 0.05) is 0 Å². The fourth-order valence-corrected chi connectivity index (χ4v) is 0.997. The van der Waals surface area contributed by atoms with E-state index in [0.717, 1.165) is 0 Å². The molecule has 0 bridgehead atoms. The Morgan fingerprint density at radius 1 is 1.41 bits per heavy atom. The summed E-state index contributed by atoms with van der Waals surface area (Å²) in [5.74, 6) is -2.67. The van der Waals surface area contributed by atoms with Gasteiger partial charge in [-0.2, -0.15) is 5.26 Å². The maximum absolute atomic E-state index is 12.4. The van der Waals surface area contributed by atoms with Crippen molar-refractivity contribution >= 4 is 0 Å². The quantitative estimate of drug-likeness (QED) is 0.823. The van der Waals surface area contributed by atoms with Gasteiger partial charge >= 0.3 is 6.36 Å². The van der Waals surface area contributed by atoms with E-state index in [9.17, 15) is 22.0 Å². The first-order chi connectivity index (χ1) is 7.76. The van der Waals surface area contributed by atoms with Gasteiger partial charge in [-0.25, -0.2) is 13.8 Å². The number of rotatable bonds is 2. The second-order valence-electron chi connectivity index (χ2n) is 2.69. The zero-order valence-electron chi connectivity index (χ0n) is 7.79. The van der Waals surface area contributed by atoms with Crippen molar-refractivity contribution in [1.29, 1.82) is 5.26 Å². The highest BCUT2D eigenvalue weighted by atomic mass is 19.4. The topological polar surface area (TPSA) is 66.1 Å². The second kappa shape index (κ2) is 4.40. The molecule has 92 valence electrons. The van der Waals surface area contributed by atoms with Crippen LogP contribution in [-0.2, 0) is 0 Å². The number of alkyl halides is 5. The number of aromatic hydroxyl groups is 1. The number of hydrogen-bond donors (Lipinski definition) is 1. The molecule has 0 aliphatic rings. The average Bonchev–Trinajstić information content (AvgIpc) is 2.14. The summed E-state index contributed by atoms with van der Waals surface area (Å²) in [6, 6.07) is 1.25. The zero-order valence-corrected chi connectivity index (χ0v) is 7.79. The molecular formula is C8H3F5N2O2. The standard InChI is InChI=1S/C8H3F5N2O2/c9-7(10)5-4(17-8(11,12)13)2-15-3(1-14)6(5)16/h2,7,16H. The third-order valence-electron chi connectivity index (χ3n) is 1.61. The molecule has 0 saturated heterocycles. The smallest absolute Gasteiger partial charge is 0.504 e. The average molecular weight is 254 g/mol. The summed E-state index contributed by atoms with van der Waals surface area (Å²) in [7, 11) is 0. The van der Waals surface area contributed by atoms with Crippen LogP contribution in [-0.4, -0.2) is 16.5 Å². The maximum atomic E-state index is 12.4. The monoisotopic (exact) mass is 254 g/mol. The van der Waals surface area contributed by atoms with Crippen LogP contribution in [0.25, 0.3) is 0 Å². The van der Waals surface area contributed by atoms with E-state index in [1.54, 1.807) is 0 Å². The Balaban J connectivity index is 3.33. The van der Waals surface area contributed by atoms with E-state index in [0.29, 0.717) is 6.20 Å². The number of ether oxygens (including phenoxy) is 1.